The fraction of sp³-hybridized carbons (Fsp3) is 0.353. The van der Waals surface area contributed by atoms with Gasteiger partial charge < -0.3 is 20.5 Å². The molecule has 1 aliphatic heterocycles. The molecule has 0 radical (unpaired) electrons. The van der Waals surface area contributed by atoms with E-state index in [1.165, 1.54) is 12.4 Å². The normalized spacial score (nSPS) is 17.2. The molecule has 0 aliphatic carbocycles. The number of pyridine rings is 1. The van der Waals surface area contributed by atoms with E-state index in [2.05, 4.69) is 31.2 Å². The van der Waals surface area contributed by atoms with Gasteiger partial charge in [-0.05, 0) is 34.8 Å². The van der Waals surface area contributed by atoms with Gasteiger partial charge in [0.25, 0.3) is 0 Å². The van der Waals surface area contributed by atoms with Gasteiger partial charge in [0.05, 0.1) is 23.3 Å². The lowest BCUT2D eigenvalue weighted by molar-refractivity contribution is -0.605. The Kier molecular flexibility index (Phi) is 4.64. The molecule has 0 amide bonds. The van der Waals surface area contributed by atoms with Gasteiger partial charge in [0, 0.05) is 30.8 Å². The number of aliphatic hydroxyl groups excluding tert-OH is 1. The molecule has 8 nitrogen and oxygen atoms in total. The Hall–Kier alpha value is -2.39. The molecular weight excluding hydrogens is 400 g/mol. The first kappa shape index (κ1) is 17.0. The summed E-state index contributed by atoms with van der Waals surface area (Å²) < 4.78 is 3.32. The molecule has 3 aromatic heterocycles. The molecular formula is C17H19BrN6O2. The van der Waals surface area contributed by atoms with Crippen LogP contribution < -0.4 is 14.9 Å². The third-order valence-electron chi connectivity index (χ3n) is 4.61. The van der Waals surface area contributed by atoms with E-state index in [0.717, 1.165) is 45.8 Å². The second kappa shape index (κ2) is 7.08. The Bertz CT molecular complexity index is 931. The van der Waals surface area contributed by atoms with Gasteiger partial charge in [0.15, 0.2) is 18.0 Å². The summed E-state index contributed by atoms with van der Waals surface area (Å²) in [6.07, 6.45) is 6.70. The van der Waals surface area contributed by atoms with Crippen molar-refractivity contribution in [3.05, 3.63) is 52.0 Å². The third kappa shape index (κ3) is 3.19. The predicted molar refractivity (Wildman–Crippen MR) is 101 cm³/mol. The average molecular weight is 419 g/mol. The van der Waals surface area contributed by atoms with Crippen LogP contribution in [0.1, 0.15) is 18.4 Å². The van der Waals surface area contributed by atoms with E-state index >= 15 is 0 Å². The van der Waals surface area contributed by atoms with Crippen molar-refractivity contribution < 1.29 is 9.84 Å². The summed E-state index contributed by atoms with van der Waals surface area (Å²) in [5.74, 6) is 1.59. The van der Waals surface area contributed by atoms with Crippen LogP contribution in [0.15, 0.2) is 41.3 Å². The highest BCUT2D eigenvalue weighted by Crippen LogP contribution is 2.29. The van der Waals surface area contributed by atoms with Gasteiger partial charge in [0.2, 0.25) is 0 Å². The van der Waals surface area contributed by atoms with Crippen molar-refractivity contribution >= 4 is 33.2 Å². The highest BCUT2D eigenvalue weighted by molar-refractivity contribution is 9.10. The molecule has 4 heterocycles. The third-order valence-corrected chi connectivity index (χ3v) is 5.17. The number of aliphatic hydroxyl groups is 1. The minimum absolute atomic E-state index is 0.0908. The summed E-state index contributed by atoms with van der Waals surface area (Å²) in [7, 11) is 0. The molecule has 0 saturated carbocycles. The van der Waals surface area contributed by atoms with Crippen molar-refractivity contribution in [2.45, 2.75) is 25.4 Å². The maximum atomic E-state index is 11.4. The van der Waals surface area contributed by atoms with E-state index in [-0.39, 0.29) is 12.6 Å². The zero-order valence-electron chi connectivity index (χ0n) is 14.0. The topological polar surface area (TPSA) is 92.6 Å². The fourth-order valence-electron chi connectivity index (χ4n) is 3.32. The van der Waals surface area contributed by atoms with Crippen molar-refractivity contribution in [2.75, 3.05) is 23.4 Å². The summed E-state index contributed by atoms with van der Waals surface area (Å²) in [6, 6.07) is 5.64. The van der Waals surface area contributed by atoms with E-state index in [0.29, 0.717) is 12.2 Å². The number of nitrogens with one attached hydrogen (secondary N) is 1. The second-order valence-corrected chi connectivity index (χ2v) is 7.18. The summed E-state index contributed by atoms with van der Waals surface area (Å²) >= 11 is 3.50. The van der Waals surface area contributed by atoms with Gasteiger partial charge in [-0.25, -0.2) is 4.98 Å². The number of aromatic nitrogens is 4. The van der Waals surface area contributed by atoms with Crippen molar-refractivity contribution in [3.63, 3.8) is 0 Å². The molecule has 1 aliphatic rings. The highest BCUT2D eigenvalue weighted by atomic mass is 79.9. The maximum absolute atomic E-state index is 11.4. The number of hydrogen-bond acceptors (Lipinski definition) is 6. The maximum Gasteiger partial charge on any atom is 0.185 e. The summed E-state index contributed by atoms with van der Waals surface area (Å²) in [4.78, 5) is 6.86. The second-order valence-electron chi connectivity index (χ2n) is 6.33. The smallest absolute Gasteiger partial charge is 0.185 e. The van der Waals surface area contributed by atoms with Crippen molar-refractivity contribution in [1.82, 2.24) is 14.6 Å². The summed E-state index contributed by atoms with van der Waals surface area (Å²) in [5.41, 5.74) is 1.58. The van der Waals surface area contributed by atoms with Crippen LogP contribution in [0.4, 0.5) is 11.6 Å². The van der Waals surface area contributed by atoms with Crippen molar-refractivity contribution in [2.24, 2.45) is 0 Å². The lowest BCUT2D eigenvalue weighted by atomic mass is 10.2. The molecule has 1 fully saturated rings. The van der Waals surface area contributed by atoms with E-state index in [1.54, 1.807) is 16.8 Å². The molecule has 9 heteroatoms. The van der Waals surface area contributed by atoms with Crippen LogP contribution in [0.2, 0.25) is 0 Å². The zero-order chi connectivity index (χ0) is 18.1. The van der Waals surface area contributed by atoms with Gasteiger partial charge in [-0.15, -0.1) is 0 Å². The summed E-state index contributed by atoms with van der Waals surface area (Å²) in [5, 5.41) is 28.8. The Balaban J connectivity index is 1.68. The van der Waals surface area contributed by atoms with E-state index in [4.69, 9.17) is 4.98 Å². The number of halogens is 1. The number of anilines is 2. The molecule has 0 aromatic carbocycles. The Morgan fingerprint density at radius 1 is 1.46 bits per heavy atom. The quantitative estimate of drug-likeness (QED) is 0.483. The number of hydrogen-bond donors (Lipinski definition) is 2. The standard InChI is InChI=1S/C17H19BrN6O2/c18-14-9-20-24-15(19-8-12-3-1-5-22(26)10-12)7-16(21-17(14)24)23-6-2-4-13(23)11-25/h1,3,5,7,9-10,13,19,25H,2,4,6,8,11H2/t13-/m0/s1. The van der Waals surface area contributed by atoms with Crippen molar-refractivity contribution in [1.29, 1.82) is 0 Å². The minimum atomic E-state index is 0.0908. The van der Waals surface area contributed by atoms with E-state index in [9.17, 15) is 10.3 Å². The van der Waals surface area contributed by atoms with Crippen molar-refractivity contribution in [3.8, 4) is 0 Å². The van der Waals surface area contributed by atoms with Crippen LogP contribution in [-0.4, -0.2) is 38.9 Å². The molecule has 1 atom stereocenters. The molecule has 1 saturated heterocycles. The van der Waals surface area contributed by atoms with Crippen LogP contribution in [-0.2, 0) is 6.54 Å². The molecule has 0 unspecified atom stereocenters. The predicted octanol–water partition coefficient (Wildman–Crippen LogP) is 1.70. The minimum Gasteiger partial charge on any atom is -0.619 e. The lowest BCUT2D eigenvalue weighted by Gasteiger charge is -2.25. The molecule has 26 heavy (non-hydrogen) atoms. The molecule has 0 bridgehead atoms. The van der Waals surface area contributed by atoms with Crippen LogP contribution in [0.5, 0.6) is 0 Å². The molecule has 0 spiro atoms. The largest absolute Gasteiger partial charge is 0.619 e. The highest BCUT2D eigenvalue weighted by Gasteiger charge is 2.26. The van der Waals surface area contributed by atoms with Crippen LogP contribution in [0, 0.1) is 5.21 Å². The average Bonchev–Trinajstić information content (AvgIpc) is 3.26. The van der Waals surface area contributed by atoms with Crippen LogP contribution >= 0.6 is 15.9 Å². The zero-order valence-corrected chi connectivity index (χ0v) is 15.6. The molecule has 3 aromatic rings. The first-order valence-corrected chi connectivity index (χ1v) is 9.28. The van der Waals surface area contributed by atoms with Gasteiger partial charge in [0.1, 0.15) is 11.6 Å². The van der Waals surface area contributed by atoms with E-state index < -0.39 is 0 Å². The first-order chi connectivity index (χ1) is 12.7. The van der Waals surface area contributed by atoms with Crippen LogP contribution in [0.3, 0.4) is 0 Å². The number of rotatable bonds is 5. The van der Waals surface area contributed by atoms with E-state index in [1.807, 2.05) is 12.1 Å². The molecule has 2 N–H and O–H groups in total. The SMILES string of the molecule is [O-][n+]1cccc(CNc2cc(N3CCC[C@H]3CO)nc3c(Br)cnn23)c1. The Morgan fingerprint density at radius 3 is 3.15 bits per heavy atom. The number of fused-ring (bicyclic) bond motifs is 1. The molecule has 136 valence electrons. The monoisotopic (exact) mass is 418 g/mol. The van der Waals surface area contributed by atoms with Crippen LogP contribution in [0.25, 0.3) is 5.65 Å². The number of nitrogens with zero attached hydrogens (tertiary/aromatic N) is 5. The first-order valence-electron chi connectivity index (χ1n) is 8.49. The summed E-state index contributed by atoms with van der Waals surface area (Å²) in [6.45, 7) is 1.47. The van der Waals surface area contributed by atoms with Gasteiger partial charge in [-0.1, -0.05) is 0 Å². The fourth-order valence-corrected chi connectivity index (χ4v) is 3.67. The van der Waals surface area contributed by atoms with Gasteiger partial charge >= 0.3 is 0 Å². The molecule has 4 rings (SSSR count). The van der Waals surface area contributed by atoms with Gasteiger partial charge in [-0.3, -0.25) is 0 Å². The lowest BCUT2D eigenvalue weighted by Crippen LogP contribution is -2.33. The Labute approximate surface area is 158 Å². The Morgan fingerprint density at radius 2 is 2.35 bits per heavy atom. The van der Waals surface area contributed by atoms with Gasteiger partial charge in [-0.2, -0.15) is 14.3 Å².